The topological polar surface area (TPSA) is 51.1 Å². The Kier molecular flexibility index (Phi) is 5.86. The number of halogens is 1. The lowest BCUT2D eigenvalue weighted by Gasteiger charge is -2.23. The van der Waals surface area contributed by atoms with E-state index in [0.29, 0.717) is 17.7 Å². The molecule has 0 spiro atoms. The third kappa shape index (κ3) is 3.96. The largest absolute Gasteiger partial charge is 0.497 e. The van der Waals surface area contributed by atoms with E-state index < -0.39 is 0 Å². The Morgan fingerprint density at radius 1 is 0.967 bits per heavy atom. The molecule has 1 aliphatic heterocycles. The van der Waals surface area contributed by atoms with Gasteiger partial charge in [-0.25, -0.2) is 5.01 Å². The summed E-state index contributed by atoms with van der Waals surface area (Å²) in [6.07, 6.45) is 0.601. The highest BCUT2D eigenvalue weighted by Crippen LogP contribution is 2.38. The van der Waals surface area contributed by atoms with Gasteiger partial charge in [-0.2, -0.15) is 5.10 Å². The second kappa shape index (κ2) is 8.71. The van der Waals surface area contributed by atoms with Crippen molar-refractivity contribution in [2.75, 3.05) is 14.2 Å². The van der Waals surface area contributed by atoms with Crippen molar-refractivity contribution in [3.05, 3.63) is 94.0 Å². The fraction of sp³-hybridized carbons (Fsp3) is 0.167. The molecule has 152 valence electrons. The molecule has 0 saturated heterocycles. The normalized spacial score (nSPS) is 15.6. The Hall–Kier alpha value is -3.12. The van der Waals surface area contributed by atoms with Crippen molar-refractivity contribution in [1.82, 2.24) is 5.01 Å². The van der Waals surface area contributed by atoms with Gasteiger partial charge in [0.05, 0.1) is 26.0 Å². The van der Waals surface area contributed by atoms with Gasteiger partial charge in [0.2, 0.25) is 0 Å². The molecule has 5 nitrogen and oxygen atoms in total. The third-order valence-corrected chi connectivity index (χ3v) is 5.66. The Morgan fingerprint density at radius 2 is 1.67 bits per heavy atom. The maximum absolute atomic E-state index is 13.4. The Labute approximate surface area is 184 Å². The molecule has 0 radical (unpaired) electrons. The number of amides is 1. The highest BCUT2D eigenvalue weighted by atomic mass is 79.9. The van der Waals surface area contributed by atoms with Crippen molar-refractivity contribution < 1.29 is 14.3 Å². The zero-order chi connectivity index (χ0) is 21.1. The van der Waals surface area contributed by atoms with E-state index in [4.69, 9.17) is 14.6 Å². The number of hydrazone groups is 1. The number of ether oxygens (including phenoxy) is 2. The van der Waals surface area contributed by atoms with Crippen molar-refractivity contribution in [2.45, 2.75) is 12.5 Å². The fourth-order valence-electron chi connectivity index (χ4n) is 3.56. The summed E-state index contributed by atoms with van der Waals surface area (Å²) in [5, 5.41) is 6.30. The first-order valence-electron chi connectivity index (χ1n) is 9.54. The molecule has 0 saturated carbocycles. The lowest BCUT2D eigenvalue weighted by Crippen LogP contribution is -2.27. The maximum atomic E-state index is 13.4. The lowest BCUT2D eigenvalue weighted by molar-refractivity contribution is 0.0709. The van der Waals surface area contributed by atoms with Crippen LogP contribution < -0.4 is 9.47 Å². The molecule has 3 aromatic rings. The van der Waals surface area contributed by atoms with Gasteiger partial charge < -0.3 is 9.47 Å². The molecule has 1 unspecified atom stereocenters. The standard InChI is InChI=1S/C24H21BrN2O3/c1-29-19-13-9-17(10-14-19)24(28)27-22(20-5-3-4-6-23(20)30-2)15-21(26-27)16-7-11-18(25)12-8-16/h3-14,22H,15H2,1-2H3. The zero-order valence-electron chi connectivity index (χ0n) is 16.7. The minimum absolute atomic E-state index is 0.166. The summed E-state index contributed by atoms with van der Waals surface area (Å²) in [5.41, 5.74) is 3.33. The molecule has 4 rings (SSSR count). The highest BCUT2D eigenvalue weighted by molar-refractivity contribution is 9.10. The second-order valence-corrected chi connectivity index (χ2v) is 7.81. The number of methoxy groups -OCH3 is 2. The molecule has 6 heteroatoms. The second-order valence-electron chi connectivity index (χ2n) is 6.89. The molecule has 0 bridgehead atoms. The van der Waals surface area contributed by atoms with Gasteiger partial charge in [-0.05, 0) is 48.0 Å². The summed E-state index contributed by atoms with van der Waals surface area (Å²) < 4.78 is 11.8. The molecule has 0 aromatic heterocycles. The van der Waals surface area contributed by atoms with Crippen LogP contribution in [0.15, 0.2) is 82.4 Å². The van der Waals surface area contributed by atoms with Crippen LogP contribution >= 0.6 is 15.9 Å². The molecule has 0 fully saturated rings. The highest BCUT2D eigenvalue weighted by Gasteiger charge is 2.35. The summed E-state index contributed by atoms with van der Waals surface area (Å²) in [6, 6.07) is 22.5. The molecule has 1 heterocycles. The first-order valence-corrected chi connectivity index (χ1v) is 10.3. The molecule has 30 heavy (non-hydrogen) atoms. The van der Waals surface area contributed by atoms with Crippen LogP contribution in [0.2, 0.25) is 0 Å². The van der Waals surface area contributed by atoms with Gasteiger partial charge in [-0.15, -0.1) is 0 Å². The Bertz CT molecular complexity index is 1080. The quantitative estimate of drug-likeness (QED) is 0.503. The summed E-state index contributed by atoms with van der Waals surface area (Å²) in [4.78, 5) is 13.4. The number of hydrogen-bond donors (Lipinski definition) is 0. The van der Waals surface area contributed by atoms with Crippen LogP contribution in [0.1, 0.15) is 33.9 Å². The van der Waals surface area contributed by atoms with Gasteiger partial charge in [0.25, 0.3) is 5.91 Å². The molecule has 1 aliphatic rings. The molecule has 0 aliphatic carbocycles. The van der Waals surface area contributed by atoms with Gasteiger partial charge in [0, 0.05) is 22.0 Å². The molecular weight excluding hydrogens is 444 g/mol. The van der Waals surface area contributed by atoms with Crippen molar-refractivity contribution in [3.63, 3.8) is 0 Å². The first-order chi connectivity index (χ1) is 14.6. The van der Waals surface area contributed by atoms with Crippen LogP contribution in [0.4, 0.5) is 0 Å². The Balaban J connectivity index is 1.74. The minimum Gasteiger partial charge on any atom is -0.497 e. The SMILES string of the molecule is COc1ccc(C(=O)N2N=C(c3ccc(Br)cc3)CC2c2ccccc2OC)cc1. The van der Waals surface area contributed by atoms with Crippen LogP contribution in [-0.2, 0) is 0 Å². The van der Waals surface area contributed by atoms with E-state index in [2.05, 4.69) is 15.9 Å². The van der Waals surface area contributed by atoms with Crippen molar-refractivity contribution in [1.29, 1.82) is 0 Å². The first kappa shape index (κ1) is 20.2. The molecule has 1 amide bonds. The van der Waals surface area contributed by atoms with Crippen LogP contribution in [-0.4, -0.2) is 30.8 Å². The lowest BCUT2D eigenvalue weighted by atomic mass is 9.97. The van der Waals surface area contributed by atoms with E-state index in [-0.39, 0.29) is 11.9 Å². The number of carbonyl (C=O) groups excluding carboxylic acids is 1. The predicted octanol–water partition coefficient (Wildman–Crippen LogP) is 5.46. The summed E-state index contributed by atoms with van der Waals surface area (Å²) in [7, 11) is 3.24. The van der Waals surface area contributed by atoms with E-state index in [0.717, 1.165) is 27.1 Å². The Morgan fingerprint density at radius 3 is 2.33 bits per heavy atom. The average Bonchev–Trinajstić information content (AvgIpc) is 3.24. The summed E-state index contributed by atoms with van der Waals surface area (Å²) in [6.45, 7) is 0. The number of carbonyl (C=O) groups is 1. The van der Waals surface area contributed by atoms with Gasteiger partial charge in [-0.3, -0.25) is 4.79 Å². The van der Waals surface area contributed by atoms with Crippen molar-refractivity contribution in [2.24, 2.45) is 5.10 Å². The van der Waals surface area contributed by atoms with E-state index in [9.17, 15) is 4.79 Å². The number of hydrogen-bond acceptors (Lipinski definition) is 4. The van der Waals surface area contributed by atoms with Gasteiger partial charge in [-0.1, -0.05) is 46.3 Å². The molecule has 0 N–H and O–H groups in total. The third-order valence-electron chi connectivity index (χ3n) is 5.13. The van der Waals surface area contributed by atoms with E-state index in [1.807, 2.05) is 48.5 Å². The minimum atomic E-state index is -0.255. The number of rotatable bonds is 5. The van der Waals surface area contributed by atoms with Crippen LogP contribution in [0, 0.1) is 0 Å². The number of para-hydroxylation sites is 1. The maximum Gasteiger partial charge on any atom is 0.274 e. The van der Waals surface area contributed by atoms with Gasteiger partial charge >= 0.3 is 0 Å². The smallest absolute Gasteiger partial charge is 0.274 e. The number of nitrogens with zero attached hydrogens (tertiary/aromatic N) is 2. The molecule has 3 aromatic carbocycles. The molecule has 1 atom stereocenters. The van der Waals surface area contributed by atoms with Crippen LogP contribution in [0.5, 0.6) is 11.5 Å². The van der Waals surface area contributed by atoms with Crippen molar-refractivity contribution >= 4 is 27.5 Å². The number of benzene rings is 3. The van der Waals surface area contributed by atoms with E-state index >= 15 is 0 Å². The summed E-state index contributed by atoms with van der Waals surface area (Å²) in [5.74, 6) is 1.27. The van der Waals surface area contributed by atoms with Gasteiger partial charge in [0.1, 0.15) is 11.5 Å². The predicted molar refractivity (Wildman–Crippen MR) is 120 cm³/mol. The zero-order valence-corrected chi connectivity index (χ0v) is 18.3. The van der Waals surface area contributed by atoms with E-state index in [1.165, 1.54) is 0 Å². The van der Waals surface area contributed by atoms with Crippen LogP contribution in [0.25, 0.3) is 0 Å². The van der Waals surface area contributed by atoms with Crippen LogP contribution in [0.3, 0.4) is 0 Å². The fourth-order valence-corrected chi connectivity index (χ4v) is 3.83. The van der Waals surface area contributed by atoms with Crippen molar-refractivity contribution in [3.8, 4) is 11.5 Å². The van der Waals surface area contributed by atoms with Gasteiger partial charge in [0.15, 0.2) is 0 Å². The monoisotopic (exact) mass is 464 g/mol. The summed E-state index contributed by atoms with van der Waals surface area (Å²) >= 11 is 3.47. The average molecular weight is 465 g/mol. The molecular formula is C24H21BrN2O3. The van der Waals surface area contributed by atoms with E-state index in [1.54, 1.807) is 43.5 Å².